The molecule has 0 fully saturated rings. The first-order chi connectivity index (χ1) is 12.6. The number of fused-ring (bicyclic) bond motifs is 3. The van der Waals surface area contributed by atoms with Crippen LogP contribution in [-0.4, -0.2) is 33.1 Å². The van der Waals surface area contributed by atoms with Crippen molar-refractivity contribution in [3.63, 3.8) is 0 Å². The number of H-pyrrole nitrogens is 1. The number of ether oxygens (including phenoxy) is 1. The Bertz CT molecular complexity index is 1230. The average Bonchev–Trinajstić information content (AvgIpc) is 3.02. The van der Waals surface area contributed by atoms with Crippen molar-refractivity contribution in [3.05, 3.63) is 63.1 Å². The molecule has 4 rings (SSSR count). The predicted octanol–water partition coefficient (Wildman–Crippen LogP) is 3.24. The zero-order valence-corrected chi connectivity index (χ0v) is 15.2. The molecule has 8 heteroatoms. The molecule has 2 N–H and O–H groups in total. The van der Waals surface area contributed by atoms with Gasteiger partial charge in [-0.3, -0.25) is 4.79 Å². The largest absolute Gasteiger partial charge is 0.507 e. The Kier molecular flexibility index (Phi) is 3.96. The summed E-state index contributed by atoms with van der Waals surface area (Å²) < 4.78 is 7.12. The van der Waals surface area contributed by atoms with Crippen molar-refractivity contribution < 1.29 is 9.84 Å². The summed E-state index contributed by atoms with van der Waals surface area (Å²) in [7, 11) is 1.58. The summed E-state index contributed by atoms with van der Waals surface area (Å²) in [5.41, 5.74) is 1.83. The number of phenolic OH excluding ortho intramolecular Hbond substituents is 1. The molecule has 4 aromatic rings. The van der Waals surface area contributed by atoms with E-state index >= 15 is 0 Å². The molecule has 7 nitrogen and oxygen atoms in total. The second kappa shape index (κ2) is 6.30. The Labute approximate surface area is 155 Å². The summed E-state index contributed by atoms with van der Waals surface area (Å²) in [5.74, 6) is 0.754. The molecular weight excluding hydrogens is 400 g/mol. The number of hydrogen-bond acceptors (Lipinski definition) is 5. The summed E-state index contributed by atoms with van der Waals surface area (Å²) in [6, 6.07) is 10.4. The highest BCUT2D eigenvalue weighted by atomic mass is 79.9. The van der Waals surface area contributed by atoms with Gasteiger partial charge in [-0.2, -0.15) is 9.78 Å². The van der Waals surface area contributed by atoms with Crippen LogP contribution in [0.4, 0.5) is 0 Å². The lowest BCUT2D eigenvalue weighted by molar-refractivity contribution is 0.415. The highest BCUT2D eigenvalue weighted by molar-refractivity contribution is 9.10. The van der Waals surface area contributed by atoms with Crippen molar-refractivity contribution in [2.45, 2.75) is 0 Å². The zero-order chi connectivity index (χ0) is 18.3. The van der Waals surface area contributed by atoms with Gasteiger partial charge in [0.2, 0.25) is 0 Å². The summed E-state index contributed by atoms with van der Waals surface area (Å²) in [6.07, 6.45) is 2.76. The van der Waals surface area contributed by atoms with E-state index in [1.807, 2.05) is 18.2 Å². The van der Waals surface area contributed by atoms with Crippen LogP contribution in [0.3, 0.4) is 0 Å². The van der Waals surface area contributed by atoms with Gasteiger partial charge >= 0.3 is 0 Å². The third-order valence-electron chi connectivity index (χ3n) is 4.01. The van der Waals surface area contributed by atoms with Crippen molar-refractivity contribution in [2.24, 2.45) is 5.10 Å². The second-order valence-electron chi connectivity index (χ2n) is 5.60. The number of methoxy groups -OCH3 is 1. The molecule has 26 heavy (non-hydrogen) atoms. The predicted molar refractivity (Wildman–Crippen MR) is 103 cm³/mol. The normalized spacial score (nSPS) is 11.6. The van der Waals surface area contributed by atoms with Crippen LogP contribution >= 0.6 is 15.9 Å². The van der Waals surface area contributed by atoms with E-state index in [1.54, 1.807) is 25.3 Å². The minimum atomic E-state index is -0.337. The molecule has 0 aliphatic rings. The fourth-order valence-corrected chi connectivity index (χ4v) is 3.07. The van der Waals surface area contributed by atoms with Gasteiger partial charge in [-0.1, -0.05) is 15.9 Å². The van der Waals surface area contributed by atoms with Crippen LogP contribution in [0.5, 0.6) is 11.5 Å². The number of hydrogen-bond donors (Lipinski definition) is 2. The van der Waals surface area contributed by atoms with Gasteiger partial charge in [-0.05, 0) is 30.3 Å². The number of rotatable bonds is 3. The molecule has 0 spiro atoms. The van der Waals surface area contributed by atoms with Crippen LogP contribution in [-0.2, 0) is 0 Å². The molecule has 130 valence electrons. The van der Waals surface area contributed by atoms with E-state index in [2.05, 4.69) is 31.0 Å². The Morgan fingerprint density at radius 3 is 2.96 bits per heavy atom. The first-order valence-corrected chi connectivity index (χ1v) is 8.46. The highest BCUT2D eigenvalue weighted by Gasteiger charge is 2.11. The lowest BCUT2D eigenvalue weighted by Gasteiger charge is -2.00. The van der Waals surface area contributed by atoms with Gasteiger partial charge in [-0.15, -0.1) is 0 Å². The third-order valence-corrected chi connectivity index (χ3v) is 4.50. The van der Waals surface area contributed by atoms with E-state index in [9.17, 15) is 9.90 Å². The maximum Gasteiger partial charge on any atom is 0.298 e. The van der Waals surface area contributed by atoms with E-state index in [-0.39, 0.29) is 11.3 Å². The molecule has 2 aromatic heterocycles. The number of aromatic nitrogens is 3. The van der Waals surface area contributed by atoms with E-state index in [0.29, 0.717) is 22.3 Å². The van der Waals surface area contributed by atoms with E-state index in [1.165, 1.54) is 12.5 Å². The Morgan fingerprint density at radius 2 is 2.15 bits per heavy atom. The third kappa shape index (κ3) is 2.74. The molecule has 0 radical (unpaired) electrons. The van der Waals surface area contributed by atoms with Crippen molar-refractivity contribution in [1.82, 2.24) is 14.6 Å². The summed E-state index contributed by atoms with van der Waals surface area (Å²) in [4.78, 5) is 20.1. The molecular formula is C18H13BrN4O3. The maximum atomic E-state index is 12.7. The standard InChI is InChI=1S/C18H13BrN4O3/c1-26-12-3-4-13-14(7-12)22-17-16(13)20-9-23(18(17)25)21-8-10-6-11(19)2-5-15(10)24/h2-9,22,24H,1H3. The minimum Gasteiger partial charge on any atom is -0.507 e. The molecule has 0 amide bonds. The highest BCUT2D eigenvalue weighted by Crippen LogP contribution is 2.25. The van der Waals surface area contributed by atoms with Gasteiger partial charge in [0, 0.05) is 21.5 Å². The quantitative estimate of drug-likeness (QED) is 0.505. The summed E-state index contributed by atoms with van der Waals surface area (Å²) in [6.45, 7) is 0. The molecule has 2 aromatic carbocycles. The topological polar surface area (TPSA) is 92.5 Å². The molecule has 0 unspecified atom stereocenters. The number of aromatic hydroxyl groups is 1. The van der Waals surface area contributed by atoms with Gasteiger partial charge in [0.1, 0.15) is 28.9 Å². The smallest absolute Gasteiger partial charge is 0.298 e. The lowest BCUT2D eigenvalue weighted by atomic mass is 10.2. The molecule has 0 bridgehead atoms. The number of nitrogens with zero attached hydrogens (tertiary/aromatic N) is 3. The van der Waals surface area contributed by atoms with Gasteiger partial charge in [-0.25, -0.2) is 4.98 Å². The maximum absolute atomic E-state index is 12.7. The van der Waals surface area contributed by atoms with Crippen LogP contribution in [0.2, 0.25) is 0 Å². The summed E-state index contributed by atoms with van der Waals surface area (Å²) >= 11 is 3.33. The van der Waals surface area contributed by atoms with Crippen LogP contribution in [0.1, 0.15) is 5.56 Å². The SMILES string of the molecule is COc1ccc2c(c1)[nH]c1c(=O)n(N=Cc3cc(Br)ccc3O)cnc12. The van der Waals surface area contributed by atoms with Gasteiger partial charge in [0.15, 0.2) is 0 Å². The summed E-state index contributed by atoms with van der Waals surface area (Å²) in [5, 5.41) is 14.8. The molecule has 0 atom stereocenters. The Balaban J connectivity index is 1.83. The van der Waals surface area contributed by atoms with Crippen LogP contribution < -0.4 is 10.3 Å². The van der Waals surface area contributed by atoms with Crippen molar-refractivity contribution >= 4 is 44.1 Å². The van der Waals surface area contributed by atoms with Gasteiger partial charge in [0.25, 0.3) is 5.56 Å². The van der Waals surface area contributed by atoms with Gasteiger partial charge < -0.3 is 14.8 Å². The van der Waals surface area contributed by atoms with E-state index in [4.69, 9.17) is 4.74 Å². The van der Waals surface area contributed by atoms with Crippen molar-refractivity contribution in [2.75, 3.05) is 7.11 Å². The molecule has 0 saturated heterocycles. The van der Waals surface area contributed by atoms with Crippen LogP contribution in [0.15, 0.2) is 57.1 Å². The molecule has 0 aliphatic heterocycles. The Morgan fingerprint density at radius 1 is 1.31 bits per heavy atom. The first-order valence-electron chi connectivity index (χ1n) is 7.67. The molecule has 0 aliphatic carbocycles. The zero-order valence-electron chi connectivity index (χ0n) is 13.6. The number of phenols is 1. The number of halogens is 1. The monoisotopic (exact) mass is 412 g/mol. The number of nitrogens with one attached hydrogen (secondary N) is 1. The fraction of sp³-hybridized carbons (Fsp3) is 0.0556. The lowest BCUT2D eigenvalue weighted by Crippen LogP contribution is -2.17. The first kappa shape index (κ1) is 16.3. The average molecular weight is 413 g/mol. The second-order valence-corrected chi connectivity index (χ2v) is 6.52. The van der Waals surface area contributed by atoms with E-state index < -0.39 is 0 Å². The van der Waals surface area contributed by atoms with E-state index in [0.717, 1.165) is 20.1 Å². The van der Waals surface area contributed by atoms with Crippen molar-refractivity contribution in [1.29, 1.82) is 0 Å². The minimum absolute atomic E-state index is 0.0664. The van der Waals surface area contributed by atoms with Crippen LogP contribution in [0.25, 0.3) is 21.9 Å². The number of aromatic amines is 1. The van der Waals surface area contributed by atoms with Crippen molar-refractivity contribution in [3.8, 4) is 11.5 Å². The fourth-order valence-electron chi connectivity index (χ4n) is 2.69. The Hall–Kier alpha value is -3.13. The van der Waals surface area contributed by atoms with Gasteiger partial charge in [0.05, 0.1) is 18.8 Å². The molecule has 2 heterocycles. The van der Waals surface area contributed by atoms with Crippen LogP contribution in [0, 0.1) is 0 Å². The molecule has 0 saturated carbocycles. The number of benzene rings is 2.